The largest absolute Gasteiger partial charge is 0.485 e. The molecule has 1 saturated heterocycles. The second kappa shape index (κ2) is 7.59. The highest BCUT2D eigenvalue weighted by Gasteiger charge is 2.40. The molecule has 1 spiro atoms. The van der Waals surface area contributed by atoms with Crippen molar-refractivity contribution < 1.29 is 19.1 Å². The van der Waals surface area contributed by atoms with E-state index in [1.165, 1.54) is 11.3 Å². The number of rotatable bonds is 3. The van der Waals surface area contributed by atoms with Crippen molar-refractivity contribution in [2.24, 2.45) is 0 Å². The molecular weight excluding hydrogens is 380 g/mol. The summed E-state index contributed by atoms with van der Waals surface area (Å²) in [6.07, 6.45) is 2.86. The minimum Gasteiger partial charge on any atom is -0.485 e. The van der Waals surface area contributed by atoms with Crippen LogP contribution in [0.5, 0.6) is 5.75 Å². The van der Waals surface area contributed by atoms with Crippen LogP contribution in [0, 0.1) is 0 Å². The number of hydrogen-bond donors (Lipinski definition) is 2. The molecule has 0 aliphatic carbocycles. The second-order valence-electron chi connectivity index (χ2n) is 6.91. The number of likely N-dealkylation sites (tertiary alicyclic amines) is 1. The molecule has 2 aliphatic rings. The van der Waals surface area contributed by atoms with Crippen LogP contribution in [0.1, 0.15) is 29.6 Å². The third kappa shape index (κ3) is 3.84. The molecule has 2 aliphatic heterocycles. The molecule has 2 N–H and O–H groups in total. The molecule has 146 valence electrons. The van der Waals surface area contributed by atoms with Gasteiger partial charge >= 0.3 is 0 Å². The Kier molecular flexibility index (Phi) is 4.99. The molecule has 8 nitrogen and oxygen atoms in total. The highest BCUT2D eigenvalue weighted by atomic mass is 32.1. The number of amides is 3. The minimum atomic E-state index is -0.668. The van der Waals surface area contributed by atoms with Gasteiger partial charge < -0.3 is 20.3 Å². The maximum atomic E-state index is 12.6. The predicted octanol–water partition coefficient (Wildman–Crippen LogP) is 1.66. The number of hydrogen-bond acceptors (Lipinski definition) is 6. The monoisotopic (exact) mass is 400 g/mol. The minimum absolute atomic E-state index is 0.0303. The summed E-state index contributed by atoms with van der Waals surface area (Å²) in [6.45, 7) is 0.673. The Morgan fingerprint density at radius 2 is 2.18 bits per heavy atom. The fourth-order valence-electron chi connectivity index (χ4n) is 3.49. The molecule has 1 aromatic heterocycles. The fraction of sp³-hybridized carbons (Fsp3) is 0.368. The van der Waals surface area contributed by atoms with Gasteiger partial charge in [-0.2, -0.15) is 0 Å². The molecule has 9 heteroatoms. The van der Waals surface area contributed by atoms with Crippen LogP contribution >= 0.6 is 11.3 Å². The molecule has 3 heterocycles. The van der Waals surface area contributed by atoms with Gasteiger partial charge in [0.15, 0.2) is 5.13 Å². The fourth-order valence-corrected chi connectivity index (χ4v) is 4.04. The Hall–Kier alpha value is -2.94. The SMILES string of the molecule is O=C(CN1CCC2(CCC1=O)CNC(=O)c1ccccc1O2)Nc1nccs1. The third-order valence-electron chi connectivity index (χ3n) is 5.03. The van der Waals surface area contributed by atoms with Crippen molar-refractivity contribution in [2.45, 2.75) is 24.9 Å². The van der Waals surface area contributed by atoms with E-state index in [0.717, 1.165) is 0 Å². The smallest absolute Gasteiger partial charge is 0.255 e. The molecule has 1 aromatic carbocycles. The highest BCUT2D eigenvalue weighted by Crippen LogP contribution is 2.33. The molecule has 0 bridgehead atoms. The van der Waals surface area contributed by atoms with Crippen molar-refractivity contribution in [3.8, 4) is 5.75 Å². The van der Waals surface area contributed by atoms with E-state index in [-0.39, 0.29) is 30.7 Å². The lowest BCUT2D eigenvalue weighted by Crippen LogP contribution is -2.46. The molecule has 1 fully saturated rings. The third-order valence-corrected chi connectivity index (χ3v) is 5.72. The van der Waals surface area contributed by atoms with Gasteiger partial charge in [0.2, 0.25) is 11.8 Å². The van der Waals surface area contributed by atoms with Crippen LogP contribution < -0.4 is 15.4 Å². The lowest BCUT2D eigenvalue weighted by Gasteiger charge is -2.32. The molecule has 4 rings (SSSR count). The molecule has 28 heavy (non-hydrogen) atoms. The summed E-state index contributed by atoms with van der Waals surface area (Å²) in [6, 6.07) is 7.11. The van der Waals surface area contributed by atoms with Crippen LogP contribution in [0.4, 0.5) is 5.13 Å². The number of carbonyl (C=O) groups excluding carboxylic acids is 3. The lowest BCUT2D eigenvalue weighted by molar-refractivity contribution is -0.134. The summed E-state index contributed by atoms with van der Waals surface area (Å²) in [5.41, 5.74) is -0.173. The van der Waals surface area contributed by atoms with E-state index in [2.05, 4.69) is 15.6 Å². The molecule has 1 unspecified atom stereocenters. The maximum absolute atomic E-state index is 12.6. The number of anilines is 1. The number of aromatic nitrogens is 1. The number of para-hydroxylation sites is 1. The van der Waals surface area contributed by atoms with Gasteiger partial charge in [-0.3, -0.25) is 14.4 Å². The first-order valence-electron chi connectivity index (χ1n) is 9.08. The summed E-state index contributed by atoms with van der Waals surface area (Å²) in [5.74, 6) is -0.0269. The Balaban J connectivity index is 1.46. The van der Waals surface area contributed by atoms with Gasteiger partial charge in [-0.1, -0.05) is 12.1 Å². The topological polar surface area (TPSA) is 101 Å². The van der Waals surface area contributed by atoms with Crippen molar-refractivity contribution in [3.05, 3.63) is 41.4 Å². The van der Waals surface area contributed by atoms with Crippen LogP contribution in [0.3, 0.4) is 0 Å². The highest BCUT2D eigenvalue weighted by molar-refractivity contribution is 7.13. The molecule has 1 atom stereocenters. The van der Waals surface area contributed by atoms with Crippen molar-refractivity contribution in [1.29, 1.82) is 0 Å². The van der Waals surface area contributed by atoms with Crippen LogP contribution in [0.15, 0.2) is 35.8 Å². The van der Waals surface area contributed by atoms with Crippen LogP contribution in [0.2, 0.25) is 0 Å². The molecular formula is C19H20N4O4S. The zero-order valence-electron chi connectivity index (χ0n) is 15.1. The molecule has 0 saturated carbocycles. The van der Waals surface area contributed by atoms with Gasteiger partial charge in [0, 0.05) is 31.0 Å². The van der Waals surface area contributed by atoms with Gasteiger partial charge in [-0.05, 0) is 18.6 Å². The summed E-state index contributed by atoms with van der Waals surface area (Å²) in [7, 11) is 0. The average Bonchev–Trinajstić information content (AvgIpc) is 3.09. The standard InChI is InChI=1S/C19H20N4O4S/c24-15(22-18-20-8-10-28-18)11-23-9-7-19(6-5-16(23)25)12-21-17(26)13-3-1-2-4-14(13)27-19/h1-4,8,10H,5-7,9,11-12H2,(H,21,26)(H,20,22,24). The maximum Gasteiger partial charge on any atom is 0.255 e. The Morgan fingerprint density at radius 3 is 3.00 bits per heavy atom. The van der Waals surface area contributed by atoms with Crippen LogP contribution in [-0.2, 0) is 9.59 Å². The second-order valence-corrected chi connectivity index (χ2v) is 7.81. The number of fused-ring (bicyclic) bond motifs is 1. The molecule has 2 aromatic rings. The van der Waals surface area contributed by atoms with Gasteiger partial charge in [-0.15, -0.1) is 11.3 Å². The Bertz CT molecular complexity index is 901. The molecule has 0 radical (unpaired) electrons. The van der Waals surface area contributed by atoms with Crippen LogP contribution in [0.25, 0.3) is 0 Å². The first kappa shape index (κ1) is 18.4. The molecule has 3 amide bonds. The summed E-state index contributed by atoms with van der Waals surface area (Å²) in [5, 5.41) is 7.88. The number of benzene rings is 1. The van der Waals surface area contributed by atoms with E-state index in [0.29, 0.717) is 42.4 Å². The van der Waals surface area contributed by atoms with Crippen molar-refractivity contribution in [3.63, 3.8) is 0 Å². The Morgan fingerprint density at radius 1 is 1.32 bits per heavy atom. The van der Waals surface area contributed by atoms with Crippen molar-refractivity contribution >= 4 is 34.2 Å². The van der Waals surface area contributed by atoms with Crippen molar-refractivity contribution in [1.82, 2.24) is 15.2 Å². The van der Waals surface area contributed by atoms with E-state index in [1.54, 1.807) is 34.7 Å². The number of carbonyl (C=O) groups is 3. The normalized spacial score (nSPS) is 21.9. The first-order valence-corrected chi connectivity index (χ1v) is 9.96. The zero-order chi connectivity index (χ0) is 19.6. The number of nitrogens with zero attached hydrogens (tertiary/aromatic N) is 2. The van der Waals surface area contributed by atoms with Gasteiger partial charge in [0.1, 0.15) is 11.4 Å². The van der Waals surface area contributed by atoms with E-state index < -0.39 is 5.60 Å². The van der Waals surface area contributed by atoms with E-state index in [4.69, 9.17) is 4.74 Å². The number of ether oxygens (including phenoxy) is 1. The lowest BCUT2D eigenvalue weighted by atomic mass is 9.94. The predicted molar refractivity (Wildman–Crippen MR) is 103 cm³/mol. The van der Waals surface area contributed by atoms with Gasteiger partial charge in [0.25, 0.3) is 5.91 Å². The van der Waals surface area contributed by atoms with Crippen molar-refractivity contribution in [2.75, 3.05) is 25.0 Å². The quantitative estimate of drug-likeness (QED) is 0.816. The van der Waals surface area contributed by atoms with Gasteiger partial charge in [0.05, 0.1) is 18.7 Å². The van der Waals surface area contributed by atoms with E-state index in [9.17, 15) is 14.4 Å². The zero-order valence-corrected chi connectivity index (χ0v) is 16.0. The van der Waals surface area contributed by atoms with Gasteiger partial charge in [-0.25, -0.2) is 4.98 Å². The summed E-state index contributed by atoms with van der Waals surface area (Å²) < 4.78 is 6.25. The Labute approximate surface area is 165 Å². The summed E-state index contributed by atoms with van der Waals surface area (Å²) in [4.78, 5) is 42.7. The average molecular weight is 400 g/mol. The van der Waals surface area contributed by atoms with Crippen LogP contribution in [-0.4, -0.2) is 52.8 Å². The summed E-state index contributed by atoms with van der Waals surface area (Å²) >= 11 is 1.33. The van der Waals surface area contributed by atoms with E-state index in [1.807, 2.05) is 6.07 Å². The van der Waals surface area contributed by atoms with E-state index >= 15 is 0 Å². The first-order chi connectivity index (χ1) is 13.5. The number of nitrogens with one attached hydrogen (secondary N) is 2. The number of thiazole rings is 1.